The maximum Gasteiger partial charge on any atom is 0.312 e. The molecule has 2 heterocycles. The number of benzene rings is 2. The fourth-order valence-corrected chi connectivity index (χ4v) is 4.46. The van der Waals surface area contributed by atoms with E-state index in [4.69, 9.17) is 9.57 Å². The molecule has 1 atom stereocenters. The van der Waals surface area contributed by atoms with Crippen LogP contribution in [-0.4, -0.2) is 48.3 Å². The molecule has 1 fully saturated rings. The summed E-state index contributed by atoms with van der Waals surface area (Å²) in [5.74, 6) is -0.573. The Hall–Kier alpha value is -3.22. The third-order valence-corrected chi connectivity index (χ3v) is 6.27. The van der Waals surface area contributed by atoms with Crippen LogP contribution < -0.4 is 0 Å². The quantitative estimate of drug-likeness (QED) is 0.634. The molecule has 2 aromatic carbocycles. The van der Waals surface area contributed by atoms with Crippen LogP contribution in [0.1, 0.15) is 48.5 Å². The van der Waals surface area contributed by atoms with Gasteiger partial charge in [-0.05, 0) is 49.6 Å². The summed E-state index contributed by atoms with van der Waals surface area (Å²) in [7, 11) is 0. The normalized spacial score (nSPS) is 19.8. The van der Waals surface area contributed by atoms with Crippen LogP contribution in [0.3, 0.4) is 0 Å². The summed E-state index contributed by atoms with van der Waals surface area (Å²) < 4.78 is 18.6. The van der Waals surface area contributed by atoms with Gasteiger partial charge in [0.2, 0.25) is 0 Å². The Morgan fingerprint density at radius 2 is 1.81 bits per heavy atom. The van der Waals surface area contributed by atoms with Crippen molar-refractivity contribution in [1.82, 2.24) is 4.90 Å². The molecule has 4 rings (SSSR count). The summed E-state index contributed by atoms with van der Waals surface area (Å²) in [6.07, 6.45) is 1.76. The maximum absolute atomic E-state index is 13.2. The predicted molar refractivity (Wildman–Crippen MR) is 118 cm³/mol. The summed E-state index contributed by atoms with van der Waals surface area (Å²) in [5.41, 5.74) is 1.47. The number of rotatable bonds is 6. The van der Waals surface area contributed by atoms with Crippen molar-refractivity contribution in [2.75, 3.05) is 19.7 Å². The number of carbonyl (C=O) groups excluding carboxylic acids is 2. The highest BCUT2D eigenvalue weighted by atomic mass is 19.1. The number of amides is 1. The molecular formula is C25H27FN2O4. The maximum atomic E-state index is 13.2. The van der Waals surface area contributed by atoms with Crippen molar-refractivity contribution in [3.8, 4) is 0 Å². The van der Waals surface area contributed by atoms with Crippen LogP contribution in [0.15, 0.2) is 59.8 Å². The second-order valence-corrected chi connectivity index (χ2v) is 8.34. The first-order valence-electron chi connectivity index (χ1n) is 11.0. The first-order valence-corrected chi connectivity index (χ1v) is 11.0. The number of likely N-dealkylation sites (tertiary alicyclic amines) is 1. The predicted octanol–water partition coefficient (Wildman–Crippen LogP) is 4.19. The molecule has 0 aromatic heterocycles. The molecule has 32 heavy (non-hydrogen) atoms. The van der Waals surface area contributed by atoms with Crippen molar-refractivity contribution in [1.29, 1.82) is 0 Å². The monoisotopic (exact) mass is 438 g/mol. The molecule has 0 spiro atoms. The molecular weight excluding hydrogens is 411 g/mol. The minimum absolute atomic E-state index is 0.0258. The van der Waals surface area contributed by atoms with E-state index in [9.17, 15) is 14.0 Å². The zero-order chi connectivity index (χ0) is 22.6. The van der Waals surface area contributed by atoms with E-state index in [-0.39, 0.29) is 23.8 Å². The van der Waals surface area contributed by atoms with Gasteiger partial charge in [0.1, 0.15) is 11.9 Å². The van der Waals surface area contributed by atoms with Crippen LogP contribution in [0.25, 0.3) is 0 Å². The molecule has 168 valence electrons. The van der Waals surface area contributed by atoms with Crippen molar-refractivity contribution in [2.24, 2.45) is 10.6 Å². The minimum Gasteiger partial charge on any atom is -0.466 e. The van der Waals surface area contributed by atoms with Crippen LogP contribution >= 0.6 is 0 Å². The number of nitrogens with zero attached hydrogens (tertiary/aromatic N) is 2. The number of oxime groups is 1. The van der Waals surface area contributed by atoms with Gasteiger partial charge in [0, 0.05) is 31.5 Å². The lowest BCUT2D eigenvalue weighted by Crippen LogP contribution is -2.48. The number of hydrogen-bond acceptors (Lipinski definition) is 5. The summed E-state index contributed by atoms with van der Waals surface area (Å²) in [5, 5.41) is 4.18. The van der Waals surface area contributed by atoms with Gasteiger partial charge in [-0.1, -0.05) is 35.5 Å². The smallest absolute Gasteiger partial charge is 0.312 e. The zero-order valence-corrected chi connectivity index (χ0v) is 18.1. The second kappa shape index (κ2) is 9.51. The average molecular weight is 438 g/mol. The van der Waals surface area contributed by atoms with Crippen molar-refractivity contribution in [3.63, 3.8) is 0 Å². The van der Waals surface area contributed by atoms with E-state index in [1.54, 1.807) is 36.1 Å². The molecule has 6 nitrogen and oxygen atoms in total. The Balaban J connectivity index is 1.43. The van der Waals surface area contributed by atoms with E-state index in [1.165, 1.54) is 12.1 Å². The SMILES string of the molecule is CCOC(=O)C1(CC2CC(c3ccc(F)cc3)=NO2)CCN(C(=O)c2ccccc2)CC1. The van der Waals surface area contributed by atoms with Crippen LogP contribution in [-0.2, 0) is 14.4 Å². The summed E-state index contributed by atoms with van der Waals surface area (Å²) in [6, 6.07) is 15.3. The number of halogens is 1. The molecule has 1 unspecified atom stereocenters. The van der Waals surface area contributed by atoms with Crippen LogP contribution in [0.5, 0.6) is 0 Å². The molecule has 2 aliphatic heterocycles. The summed E-state index contributed by atoms with van der Waals surface area (Å²) in [6.45, 7) is 3.05. The fraction of sp³-hybridized carbons (Fsp3) is 0.400. The average Bonchev–Trinajstić information content (AvgIpc) is 3.28. The Labute approximate surface area is 187 Å². The largest absolute Gasteiger partial charge is 0.466 e. The molecule has 7 heteroatoms. The summed E-state index contributed by atoms with van der Waals surface area (Å²) >= 11 is 0. The molecule has 0 bridgehead atoms. The number of piperidine rings is 1. The Kier molecular flexibility index (Phi) is 6.53. The second-order valence-electron chi connectivity index (χ2n) is 8.34. The van der Waals surface area contributed by atoms with Gasteiger partial charge in [0.05, 0.1) is 17.7 Å². The first kappa shape index (κ1) is 22.0. The van der Waals surface area contributed by atoms with E-state index in [1.807, 2.05) is 18.2 Å². The minimum atomic E-state index is -0.720. The standard InChI is InChI=1S/C25H27FN2O4/c1-2-31-24(30)25(12-14-28(15-13-25)23(29)19-6-4-3-5-7-19)17-21-16-22(27-32-21)18-8-10-20(26)11-9-18/h3-11,21H,2,12-17H2,1H3. The van der Waals surface area contributed by atoms with E-state index in [0.717, 1.165) is 11.3 Å². The van der Waals surface area contributed by atoms with E-state index in [2.05, 4.69) is 5.16 Å². The van der Waals surface area contributed by atoms with Crippen LogP contribution in [0.2, 0.25) is 0 Å². The lowest BCUT2D eigenvalue weighted by molar-refractivity contribution is -0.161. The van der Waals surface area contributed by atoms with Gasteiger partial charge in [-0.2, -0.15) is 0 Å². The summed E-state index contributed by atoms with van der Waals surface area (Å²) in [4.78, 5) is 33.2. The highest BCUT2D eigenvalue weighted by molar-refractivity contribution is 6.01. The number of hydrogen-bond donors (Lipinski definition) is 0. The number of esters is 1. The van der Waals surface area contributed by atoms with Crippen molar-refractivity contribution in [2.45, 2.75) is 38.7 Å². The Bertz CT molecular complexity index is 983. The molecule has 2 aliphatic rings. The Morgan fingerprint density at radius 3 is 2.47 bits per heavy atom. The topological polar surface area (TPSA) is 68.2 Å². The highest BCUT2D eigenvalue weighted by Gasteiger charge is 2.46. The van der Waals surface area contributed by atoms with Gasteiger partial charge in [0.15, 0.2) is 0 Å². The molecule has 1 amide bonds. The van der Waals surface area contributed by atoms with Gasteiger partial charge in [-0.15, -0.1) is 0 Å². The number of carbonyl (C=O) groups is 2. The molecule has 0 aliphatic carbocycles. The highest BCUT2D eigenvalue weighted by Crippen LogP contribution is 2.40. The molecule has 2 aromatic rings. The van der Waals surface area contributed by atoms with Gasteiger partial charge in [-0.3, -0.25) is 9.59 Å². The van der Waals surface area contributed by atoms with Crippen molar-refractivity contribution in [3.05, 3.63) is 71.5 Å². The zero-order valence-electron chi connectivity index (χ0n) is 18.1. The van der Waals surface area contributed by atoms with Crippen LogP contribution in [0, 0.1) is 11.2 Å². The Morgan fingerprint density at radius 1 is 1.12 bits per heavy atom. The molecule has 0 saturated carbocycles. The van der Waals surface area contributed by atoms with E-state index < -0.39 is 5.41 Å². The van der Waals surface area contributed by atoms with Gasteiger partial charge < -0.3 is 14.5 Å². The van der Waals surface area contributed by atoms with Crippen molar-refractivity contribution < 1.29 is 23.6 Å². The number of ether oxygens (including phenoxy) is 1. The third kappa shape index (κ3) is 4.66. The van der Waals surface area contributed by atoms with Gasteiger partial charge in [-0.25, -0.2) is 4.39 Å². The van der Waals surface area contributed by atoms with Crippen LogP contribution in [0.4, 0.5) is 4.39 Å². The molecule has 0 radical (unpaired) electrons. The third-order valence-electron chi connectivity index (χ3n) is 6.27. The molecule has 1 saturated heterocycles. The fourth-order valence-electron chi connectivity index (χ4n) is 4.46. The first-order chi connectivity index (χ1) is 15.5. The van der Waals surface area contributed by atoms with E-state index >= 15 is 0 Å². The lowest BCUT2D eigenvalue weighted by atomic mass is 9.73. The van der Waals surface area contributed by atoms with Crippen molar-refractivity contribution >= 4 is 17.6 Å². The van der Waals surface area contributed by atoms with Gasteiger partial charge in [0.25, 0.3) is 5.91 Å². The molecule has 0 N–H and O–H groups in total. The van der Waals surface area contributed by atoms with Gasteiger partial charge >= 0.3 is 5.97 Å². The van der Waals surface area contributed by atoms with E-state index in [0.29, 0.717) is 50.9 Å². The lowest BCUT2D eigenvalue weighted by Gasteiger charge is -2.40.